The highest BCUT2D eigenvalue weighted by molar-refractivity contribution is 6.22. The quantitative estimate of drug-likeness (QED) is 0.545. The van der Waals surface area contributed by atoms with Crippen LogP contribution < -0.4 is 0 Å². The molecule has 3 aromatic rings. The van der Waals surface area contributed by atoms with Gasteiger partial charge in [0.2, 0.25) is 5.91 Å². The fraction of sp³-hybridized carbons (Fsp3) is 0.273. The van der Waals surface area contributed by atoms with Gasteiger partial charge in [0.1, 0.15) is 6.54 Å². The highest BCUT2D eigenvalue weighted by Gasteiger charge is 2.37. The number of hydrogen-bond acceptors (Lipinski definition) is 7. The molecule has 2 aromatic carbocycles. The number of piperazine rings is 1. The second-order valence-corrected chi connectivity index (χ2v) is 7.74. The van der Waals surface area contributed by atoms with Gasteiger partial charge in [-0.25, -0.2) is 0 Å². The van der Waals surface area contributed by atoms with Crippen LogP contribution >= 0.6 is 0 Å². The fourth-order valence-electron chi connectivity index (χ4n) is 4.05. The van der Waals surface area contributed by atoms with Crippen LogP contribution in [-0.2, 0) is 11.3 Å². The van der Waals surface area contributed by atoms with Crippen molar-refractivity contribution in [2.24, 2.45) is 0 Å². The lowest BCUT2D eigenvalue weighted by Crippen LogP contribution is -2.51. The topological polar surface area (TPSA) is 105 Å². The summed E-state index contributed by atoms with van der Waals surface area (Å²) in [7, 11) is 0. The molecule has 0 bridgehead atoms. The summed E-state index contributed by atoms with van der Waals surface area (Å²) in [5.41, 5.74) is 1.60. The number of rotatable bonds is 5. The number of aromatic nitrogens is 4. The Morgan fingerprint density at radius 1 is 0.844 bits per heavy atom. The number of imide groups is 1. The average Bonchev–Trinajstić information content (AvgIpc) is 3.39. The smallest absolute Gasteiger partial charge is 0.262 e. The van der Waals surface area contributed by atoms with E-state index in [0.717, 1.165) is 16.4 Å². The Bertz CT molecular complexity index is 1130. The predicted molar refractivity (Wildman–Crippen MR) is 113 cm³/mol. The van der Waals surface area contributed by atoms with E-state index >= 15 is 0 Å². The summed E-state index contributed by atoms with van der Waals surface area (Å²) in [5, 5.41) is 12.0. The van der Waals surface area contributed by atoms with Crippen LogP contribution in [0.4, 0.5) is 0 Å². The first kappa shape index (κ1) is 20.0. The molecule has 0 aliphatic carbocycles. The Labute approximate surface area is 184 Å². The Hall–Kier alpha value is -3.92. The molecule has 0 saturated carbocycles. The number of fused-ring (bicyclic) bond motifs is 1. The zero-order chi connectivity index (χ0) is 22.1. The minimum Gasteiger partial charge on any atom is -0.339 e. The van der Waals surface area contributed by atoms with Crippen LogP contribution in [0.2, 0.25) is 0 Å². The highest BCUT2D eigenvalue weighted by Crippen LogP contribution is 2.22. The van der Waals surface area contributed by atoms with Crippen LogP contribution in [0.5, 0.6) is 0 Å². The normalized spacial score (nSPS) is 16.5. The van der Waals surface area contributed by atoms with Gasteiger partial charge in [0.05, 0.1) is 23.4 Å². The number of benzene rings is 2. The molecule has 1 saturated heterocycles. The molecule has 10 nitrogen and oxygen atoms in total. The van der Waals surface area contributed by atoms with Crippen molar-refractivity contribution < 1.29 is 14.4 Å². The summed E-state index contributed by atoms with van der Waals surface area (Å²) in [5.74, 6) is -0.328. The maximum atomic E-state index is 12.8. The molecule has 0 atom stereocenters. The molecule has 5 rings (SSSR count). The monoisotopic (exact) mass is 431 g/mol. The van der Waals surface area contributed by atoms with Gasteiger partial charge in [-0.05, 0) is 34.7 Å². The molecule has 162 valence electrons. The minimum atomic E-state index is -0.412. The van der Waals surface area contributed by atoms with Crippen molar-refractivity contribution in [2.45, 2.75) is 6.54 Å². The molecule has 2 aliphatic rings. The van der Waals surface area contributed by atoms with Gasteiger partial charge in [0.15, 0.2) is 5.82 Å². The van der Waals surface area contributed by atoms with Crippen molar-refractivity contribution in [3.63, 3.8) is 0 Å². The minimum absolute atomic E-state index is 0.228. The van der Waals surface area contributed by atoms with E-state index in [0.29, 0.717) is 43.9 Å². The molecule has 3 amide bonds. The Morgan fingerprint density at radius 2 is 1.47 bits per heavy atom. The van der Waals surface area contributed by atoms with Gasteiger partial charge in [-0.2, -0.15) is 4.68 Å². The van der Waals surface area contributed by atoms with Crippen LogP contribution in [0.15, 0.2) is 54.6 Å². The molecule has 10 heteroatoms. The van der Waals surface area contributed by atoms with Gasteiger partial charge in [-0.15, -0.1) is 5.10 Å². The third kappa shape index (κ3) is 3.65. The van der Waals surface area contributed by atoms with E-state index in [9.17, 15) is 14.4 Å². The second-order valence-electron chi connectivity index (χ2n) is 7.74. The van der Waals surface area contributed by atoms with Crippen LogP contribution in [0.3, 0.4) is 0 Å². The molecule has 1 aromatic heterocycles. The van der Waals surface area contributed by atoms with Crippen LogP contribution in [-0.4, -0.2) is 85.4 Å². The number of carbonyl (C=O) groups is 3. The number of para-hydroxylation sites is 1. The maximum absolute atomic E-state index is 12.8. The first-order chi connectivity index (χ1) is 15.6. The van der Waals surface area contributed by atoms with E-state index in [1.165, 1.54) is 0 Å². The maximum Gasteiger partial charge on any atom is 0.262 e. The van der Waals surface area contributed by atoms with Crippen LogP contribution in [0, 0.1) is 0 Å². The molecule has 3 heterocycles. The lowest BCUT2D eigenvalue weighted by atomic mass is 10.1. The summed E-state index contributed by atoms with van der Waals surface area (Å²) in [6.07, 6.45) is 0. The SMILES string of the molecule is O=C(CN1C(=O)c2ccccc2C1=O)N1CCN(Cc2nnnn2-c2ccccc2)CC1. The van der Waals surface area contributed by atoms with E-state index in [-0.39, 0.29) is 12.5 Å². The zero-order valence-electron chi connectivity index (χ0n) is 17.3. The number of amides is 3. The lowest BCUT2D eigenvalue weighted by Gasteiger charge is -2.34. The Kier molecular flexibility index (Phi) is 5.20. The van der Waals surface area contributed by atoms with E-state index in [1.807, 2.05) is 30.3 Å². The molecule has 32 heavy (non-hydrogen) atoms. The summed E-state index contributed by atoms with van der Waals surface area (Å²) in [6, 6.07) is 16.3. The fourth-order valence-corrected chi connectivity index (χ4v) is 4.05. The largest absolute Gasteiger partial charge is 0.339 e. The Morgan fingerprint density at radius 3 is 2.12 bits per heavy atom. The average molecular weight is 431 g/mol. The number of tetrazole rings is 1. The van der Waals surface area contributed by atoms with Crippen LogP contribution in [0.1, 0.15) is 26.5 Å². The molecular formula is C22H21N7O3. The number of nitrogens with zero attached hydrogens (tertiary/aromatic N) is 7. The van der Waals surface area contributed by atoms with E-state index in [1.54, 1.807) is 33.8 Å². The molecular weight excluding hydrogens is 410 g/mol. The van der Waals surface area contributed by atoms with E-state index < -0.39 is 11.8 Å². The number of carbonyl (C=O) groups excluding carboxylic acids is 3. The lowest BCUT2D eigenvalue weighted by molar-refractivity contribution is -0.133. The summed E-state index contributed by atoms with van der Waals surface area (Å²) < 4.78 is 1.71. The van der Waals surface area contributed by atoms with Gasteiger partial charge >= 0.3 is 0 Å². The van der Waals surface area contributed by atoms with Gasteiger partial charge in [-0.3, -0.25) is 24.2 Å². The van der Waals surface area contributed by atoms with Crippen molar-refractivity contribution in [1.29, 1.82) is 0 Å². The van der Waals surface area contributed by atoms with Crippen molar-refractivity contribution >= 4 is 17.7 Å². The third-order valence-corrected chi connectivity index (χ3v) is 5.80. The Balaban J connectivity index is 1.18. The van der Waals surface area contributed by atoms with Crippen molar-refractivity contribution in [1.82, 2.24) is 34.9 Å². The molecule has 0 spiro atoms. The summed E-state index contributed by atoms with van der Waals surface area (Å²) in [6.45, 7) is 2.63. The van der Waals surface area contributed by atoms with Gasteiger partial charge < -0.3 is 4.90 Å². The number of hydrogen-bond donors (Lipinski definition) is 0. The third-order valence-electron chi connectivity index (χ3n) is 5.80. The standard InChI is InChI=1S/C22H21N7O3/c30-20(15-28-21(31)17-8-4-5-9-18(17)22(28)32)27-12-10-26(11-13-27)14-19-23-24-25-29(19)16-6-2-1-3-7-16/h1-9H,10-15H2. The summed E-state index contributed by atoms with van der Waals surface area (Å²) >= 11 is 0. The highest BCUT2D eigenvalue weighted by atomic mass is 16.2. The van der Waals surface area contributed by atoms with Crippen molar-refractivity contribution in [3.05, 3.63) is 71.5 Å². The molecule has 0 radical (unpaired) electrons. The molecule has 0 unspecified atom stereocenters. The van der Waals surface area contributed by atoms with E-state index in [4.69, 9.17) is 0 Å². The predicted octanol–water partition coefficient (Wildman–Crippen LogP) is 0.603. The summed E-state index contributed by atoms with van der Waals surface area (Å²) in [4.78, 5) is 42.7. The second kappa shape index (κ2) is 8.31. The van der Waals surface area contributed by atoms with Gasteiger partial charge in [0, 0.05) is 26.2 Å². The molecule has 2 aliphatic heterocycles. The van der Waals surface area contributed by atoms with Crippen LogP contribution in [0.25, 0.3) is 5.69 Å². The van der Waals surface area contributed by atoms with E-state index in [2.05, 4.69) is 20.4 Å². The van der Waals surface area contributed by atoms with Gasteiger partial charge in [-0.1, -0.05) is 30.3 Å². The van der Waals surface area contributed by atoms with Gasteiger partial charge in [0.25, 0.3) is 11.8 Å². The zero-order valence-corrected chi connectivity index (χ0v) is 17.3. The van der Waals surface area contributed by atoms with Crippen molar-refractivity contribution in [2.75, 3.05) is 32.7 Å². The first-order valence-corrected chi connectivity index (χ1v) is 10.4. The molecule has 1 fully saturated rings. The first-order valence-electron chi connectivity index (χ1n) is 10.4. The molecule has 0 N–H and O–H groups in total. The van der Waals surface area contributed by atoms with Crippen molar-refractivity contribution in [3.8, 4) is 5.69 Å².